The van der Waals surface area contributed by atoms with Crippen LogP contribution in [0.15, 0.2) is 0 Å². The SMILES string of the molecule is CC1CN2CCCC2CN1CC1CCCN1. The lowest BCUT2D eigenvalue weighted by Crippen LogP contribution is -2.57. The topological polar surface area (TPSA) is 18.5 Å². The second-order valence-electron chi connectivity index (χ2n) is 5.89. The van der Waals surface area contributed by atoms with Crippen molar-refractivity contribution in [2.24, 2.45) is 0 Å². The Labute approximate surface area is 99.2 Å². The number of nitrogens with zero attached hydrogens (tertiary/aromatic N) is 2. The summed E-state index contributed by atoms with van der Waals surface area (Å²) in [5.41, 5.74) is 0. The first-order valence-electron chi connectivity index (χ1n) is 7.04. The van der Waals surface area contributed by atoms with E-state index in [1.54, 1.807) is 0 Å². The molecule has 0 aromatic heterocycles. The molecule has 3 nitrogen and oxygen atoms in total. The largest absolute Gasteiger partial charge is 0.313 e. The van der Waals surface area contributed by atoms with Gasteiger partial charge in [-0.25, -0.2) is 0 Å². The second kappa shape index (κ2) is 4.63. The van der Waals surface area contributed by atoms with Crippen LogP contribution in [0.3, 0.4) is 0 Å². The number of hydrogen-bond acceptors (Lipinski definition) is 3. The van der Waals surface area contributed by atoms with Crippen molar-refractivity contribution in [1.82, 2.24) is 15.1 Å². The summed E-state index contributed by atoms with van der Waals surface area (Å²) in [6, 6.07) is 2.41. The van der Waals surface area contributed by atoms with Crippen molar-refractivity contribution in [2.75, 3.05) is 32.7 Å². The average molecular weight is 223 g/mol. The summed E-state index contributed by atoms with van der Waals surface area (Å²) in [5, 5.41) is 3.63. The predicted octanol–water partition coefficient (Wildman–Crippen LogP) is 0.907. The summed E-state index contributed by atoms with van der Waals surface area (Å²) in [4.78, 5) is 5.44. The molecule has 0 saturated carbocycles. The van der Waals surface area contributed by atoms with Crippen molar-refractivity contribution in [3.63, 3.8) is 0 Å². The van der Waals surface area contributed by atoms with Crippen molar-refractivity contribution in [2.45, 2.75) is 50.7 Å². The van der Waals surface area contributed by atoms with Crippen molar-refractivity contribution in [1.29, 1.82) is 0 Å². The quantitative estimate of drug-likeness (QED) is 0.750. The van der Waals surface area contributed by atoms with Gasteiger partial charge in [0.1, 0.15) is 0 Å². The molecule has 3 atom stereocenters. The Bertz CT molecular complexity index is 235. The molecular formula is C13H25N3. The van der Waals surface area contributed by atoms with E-state index in [0.29, 0.717) is 0 Å². The summed E-state index contributed by atoms with van der Waals surface area (Å²) in [5.74, 6) is 0. The van der Waals surface area contributed by atoms with E-state index in [1.807, 2.05) is 0 Å². The Morgan fingerprint density at radius 3 is 2.94 bits per heavy atom. The Morgan fingerprint density at radius 2 is 2.12 bits per heavy atom. The number of rotatable bonds is 2. The van der Waals surface area contributed by atoms with Gasteiger partial charge in [0, 0.05) is 37.8 Å². The van der Waals surface area contributed by atoms with Gasteiger partial charge in [-0.3, -0.25) is 9.80 Å². The van der Waals surface area contributed by atoms with E-state index in [2.05, 4.69) is 22.0 Å². The fraction of sp³-hybridized carbons (Fsp3) is 1.00. The van der Waals surface area contributed by atoms with E-state index in [0.717, 1.165) is 18.1 Å². The van der Waals surface area contributed by atoms with E-state index >= 15 is 0 Å². The summed E-state index contributed by atoms with van der Waals surface area (Å²) in [6.07, 6.45) is 5.62. The lowest BCUT2D eigenvalue weighted by Gasteiger charge is -2.43. The lowest BCUT2D eigenvalue weighted by molar-refractivity contribution is 0.0540. The van der Waals surface area contributed by atoms with Gasteiger partial charge in [0.2, 0.25) is 0 Å². The number of piperazine rings is 1. The van der Waals surface area contributed by atoms with Crippen LogP contribution in [-0.4, -0.2) is 60.6 Å². The molecule has 3 rings (SSSR count). The molecule has 3 fully saturated rings. The third-order valence-corrected chi connectivity index (χ3v) is 4.68. The molecule has 3 heteroatoms. The van der Waals surface area contributed by atoms with Gasteiger partial charge in [-0.1, -0.05) is 0 Å². The molecule has 0 aromatic carbocycles. The molecule has 0 radical (unpaired) electrons. The van der Waals surface area contributed by atoms with Crippen molar-refractivity contribution in [3.05, 3.63) is 0 Å². The maximum absolute atomic E-state index is 3.63. The van der Waals surface area contributed by atoms with Crippen LogP contribution < -0.4 is 5.32 Å². The first kappa shape index (κ1) is 11.0. The molecule has 0 amide bonds. The molecule has 0 aliphatic carbocycles. The molecule has 1 N–H and O–H groups in total. The second-order valence-corrected chi connectivity index (χ2v) is 5.89. The monoisotopic (exact) mass is 223 g/mol. The Kier molecular flexibility index (Phi) is 3.18. The van der Waals surface area contributed by atoms with Crippen LogP contribution in [0.25, 0.3) is 0 Å². The van der Waals surface area contributed by atoms with Gasteiger partial charge in [-0.15, -0.1) is 0 Å². The molecule has 3 heterocycles. The zero-order valence-electron chi connectivity index (χ0n) is 10.5. The molecular weight excluding hydrogens is 198 g/mol. The zero-order valence-corrected chi connectivity index (χ0v) is 10.5. The highest BCUT2D eigenvalue weighted by Gasteiger charge is 2.35. The lowest BCUT2D eigenvalue weighted by atomic mass is 10.1. The van der Waals surface area contributed by atoms with Gasteiger partial charge >= 0.3 is 0 Å². The predicted molar refractivity (Wildman–Crippen MR) is 66.7 cm³/mol. The van der Waals surface area contributed by atoms with Crippen molar-refractivity contribution in [3.8, 4) is 0 Å². The zero-order chi connectivity index (χ0) is 11.0. The van der Waals surface area contributed by atoms with Crippen LogP contribution in [0, 0.1) is 0 Å². The molecule has 3 aliphatic heterocycles. The molecule has 3 saturated heterocycles. The summed E-state index contributed by atoms with van der Waals surface area (Å²) >= 11 is 0. The first-order chi connectivity index (χ1) is 7.83. The summed E-state index contributed by atoms with van der Waals surface area (Å²) in [6.45, 7) is 8.90. The highest BCUT2D eigenvalue weighted by Crippen LogP contribution is 2.25. The van der Waals surface area contributed by atoms with Crippen molar-refractivity contribution < 1.29 is 0 Å². The number of hydrogen-bond donors (Lipinski definition) is 1. The molecule has 0 aromatic rings. The van der Waals surface area contributed by atoms with E-state index in [1.165, 1.54) is 58.4 Å². The van der Waals surface area contributed by atoms with Crippen molar-refractivity contribution >= 4 is 0 Å². The van der Waals surface area contributed by atoms with Gasteiger partial charge in [-0.05, 0) is 45.7 Å². The molecule has 3 aliphatic rings. The molecule has 0 spiro atoms. The maximum Gasteiger partial charge on any atom is 0.0224 e. The molecule has 16 heavy (non-hydrogen) atoms. The number of fused-ring (bicyclic) bond motifs is 1. The van der Waals surface area contributed by atoms with Crippen LogP contribution in [0.1, 0.15) is 32.6 Å². The summed E-state index contributed by atoms with van der Waals surface area (Å²) < 4.78 is 0. The van der Waals surface area contributed by atoms with E-state index in [4.69, 9.17) is 0 Å². The van der Waals surface area contributed by atoms with Crippen LogP contribution in [0.2, 0.25) is 0 Å². The molecule has 3 unspecified atom stereocenters. The highest BCUT2D eigenvalue weighted by molar-refractivity contribution is 4.92. The first-order valence-corrected chi connectivity index (χ1v) is 7.04. The third-order valence-electron chi connectivity index (χ3n) is 4.68. The van der Waals surface area contributed by atoms with Crippen LogP contribution >= 0.6 is 0 Å². The Balaban J connectivity index is 1.57. The molecule has 92 valence electrons. The van der Waals surface area contributed by atoms with Gasteiger partial charge in [-0.2, -0.15) is 0 Å². The molecule has 0 bridgehead atoms. The minimum atomic E-state index is 0.761. The third kappa shape index (κ3) is 2.13. The number of nitrogens with one attached hydrogen (secondary N) is 1. The van der Waals surface area contributed by atoms with Crippen LogP contribution in [-0.2, 0) is 0 Å². The highest BCUT2D eigenvalue weighted by atomic mass is 15.3. The van der Waals surface area contributed by atoms with Gasteiger partial charge in [0.15, 0.2) is 0 Å². The summed E-state index contributed by atoms with van der Waals surface area (Å²) in [7, 11) is 0. The Morgan fingerprint density at radius 1 is 1.19 bits per heavy atom. The Hall–Kier alpha value is -0.120. The fourth-order valence-electron chi connectivity index (χ4n) is 3.70. The van der Waals surface area contributed by atoms with Crippen LogP contribution in [0.5, 0.6) is 0 Å². The van der Waals surface area contributed by atoms with Gasteiger partial charge in [0.05, 0.1) is 0 Å². The van der Waals surface area contributed by atoms with E-state index in [-0.39, 0.29) is 0 Å². The fourth-order valence-corrected chi connectivity index (χ4v) is 3.70. The van der Waals surface area contributed by atoms with E-state index in [9.17, 15) is 0 Å². The van der Waals surface area contributed by atoms with Crippen LogP contribution in [0.4, 0.5) is 0 Å². The maximum atomic E-state index is 3.63. The van der Waals surface area contributed by atoms with Gasteiger partial charge in [0.25, 0.3) is 0 Å². The average Bonchev–Trinajstić information content (AvgIpc) is 2.89. The normalized spacial score (nSPS) is 41.4. The minimum absolute atomic E-state index is 0.761. The smallest absolute Gasteiger partial charge is 0.0224 e. The minimum Gasteiger partial charge on any atom is -0.313 e. The standard InChI is InChI=1S/C13H25N3/c1-11-8-15-7-3-5-13(15)10-16(11)9-12-4-2-6-14-12/h11-14H,2-10H2,1H3. The van der Waals surface area contributed by atoms with E-state index < -0.39 is 0 Å². The van der Waals surface area contributed by atoms with Gasteiger partial charge < -0.3 is 5.32 Å².